The van der Waals surface area contributed by atoms with Gasteiger partial charge in [-0.15, -0.1) is 0 Å². The highest BCUT2D eigenvalue weighted by Crippen LogP contribution is 2.14. The maximum Gasteiger partial charge on any atom is 0.414 e. The second-order valence-electron chi connectivity index (χ2n) is 3.41. The van der Waals surface area contributed by atoms with Crippen LogP contribution in [0.25, 0.3) is 0 Å². The van der Waals surface area contributed by atoms with E-state index in [1.807, 2.05) is 0 Å². The molecule has 1 saturated heterocycles. The summed E-state index contributed by atoms with van der Waals surface area (Å²) in [6, 6.07) is 0. The first-order chi connectivity index (χ1) is 7.38. The Morgan fingerprint density at radius 2 is 2.25 bits per heavy atom. The summed E-state index contributed by atoms with van der Waals surface area (Å²) in [5, 5.41) is 2.44. The van der Waals surface area contributed by atoms with Crippen LogP contribution < -0.4 is 10.8 Å². The van der Waals surface area contributed by atoms with Gasteiger partial charge >= 0.3 is 6.18 Å². The van der Waals surface area contributed by atoms with Crippen LogP contribution in [0.1, 0.15) is 12.8 Å². The molecule has 92 valence electrons. The molecule has 0 radical (unpaired) electrons. The third kappa shape index (κ3) is 4.47. The van der Waals surface area contributed by atoms with E-state index < -0.39 is 24.6 Å². The first-order valence-electron chi connectivity index (χ1n) is 4.63. The number of carbonyl (C=O) groups excluding carboxylic acids is 2. The molecule has 0 aromatic carbocycles. The van der Waals surface area contributed by atoms with E-state index in [9.17, 15) is 22.8 Å². The number of carbonyl (C=O) groups is 2. The van der Waals surface area contributed by atoms with Gasteiger partial charge in [-0.3, -0.25) is 14.4 Å². The Kier molecular flexibility index (Phi) is 4.11. The minimum absolute atomic E-state index is 0.125. The predicted octanol–water partition coefficient (Wildman–Crippen LogP) is 0.123. The smallest absolute Gasteiger partial charge is 0.355 e. The first kappa shape index (κ1) is 12.8. The molecule has 1 fully saturated rings. The lowest BCUT2D eigenvalue weighted by Crippen LogP contribution is -2.43. The van der Waals surface area contributed by atoms with Crippen molar-refractivity contribution in [1.82, 2.24) is 10.8 Å². The van der Waals surface area contributed by atoms with E-state index in [0.717, 1.165) is 0 Å². The van der Waals surface area contributed by atoms with Crippen molar-refractivity contribution < 1.29 is 27.6 Å². The fraction of sp³-hybridized carbons (Fsp3) is 0.750. The van der Waals surface area contributed by atoms with Crippen LogP contribution in [0.3, 0.4) is 0 Å². The zero-order valence-electron chi connectivity index (χ0n) is 8.26. The van der Waals surface area contributed by atoms with Crippen molar-refractivity contribution in [3.05, 3.63) is 0 Å². The molecular formula is C8H11F3N2O3. The van der Waals surface area contributed by atoms with E-state index in [1.165, 1.54) is 0 Å². The van der Waals surface area contributed by atoms with Crippen molar-refractivity contribution in [3.8, 4) is 0 Å². The van der Waals surface area contributed by atoms with Gasteiger partial charge in [-0.05, 0) is 6.42 Å². The first-order valence-corrected chi connectivity index (χ1v) is 4.63. The Morgan fingerprint density at radius 1 is 1.56 bits per heavy atom. The SMILES string of the molecule is O=C1CCC(C(=O)NOCC(F)(F)F)CN1. The van der Waals surface area contributed by atoms with Crippen molar-refractivity contribution in [2.24, 2.45) is 5.92 Å². The second-order valence-corrected chi connectivity index (χ2v) is 3.41. The lowest BCUT2D eigenvalue weighted by molar-refractivity contribution is -0.192. The summed E-state index contributed by atoms with van der Waals surface area (Å²) in [7, 11) is 0. The van der Waals surface area contributed by atoms with Crippen LogP contribution in [0.15, 0.2) is 0 Å². The number of amides is 2. The largest absolute Gasteiger partial charge is 0.414 e. The van der Waals surface area contributed by atoms with Crippen LogP contribution in [0, 0.1) is 5.92 Å². The summed E-state index contributed by atoms with van der Waals surface area (Å²) in [5.74, 6) is -1.35. The van der Waals surface area contributed by atoms with Gasteiger partial charge in [0, 0.05) is 13.0 Å². The maximum absolute atomic E-state index is 11.7. The van der Waals surface area contributed by atoms with Gasteiger partial charge in [0.2, 0.25) is 11.8 Å². The fourth-order valence-electron chi connectivity index (χ4n) is 1.23. The number of piperidine rings is 1. The van der Waals surface area contributed by atoms with Gasteiger partial charge in [-0.25, -0.2) is 5.48 Å². The molecule has 2 N–H and O–H groups in total. The average molecular weight is 240 g/mol. The molecule has 5 nitrogen and oxygen atoms in total. The molecule has 0 aliphatic carbocycles. The molecule has 0 aromatic rings. The molecule has 8 heteroatoms. The number of hydroxylamine groups is 1. The van der Waals surface area contributed by atoms with Crippen molar-refractivity contribution in [3.63, 3.8) is 0 Å². The van der Waals surface area contributed by atoms with E-state index in [4.69, 9.17) is 0 Å². The number of nitrogens with one attached hydrogen (secondary N) is 2. The molecular weight excluding hydrogens is 229 g/mol. The highest BCUT2D eigenvalue weighted by Gasteiger charge is 2.29. The van der Waals surface area contributed by atoms with E-state index in [1.54, 1.807) is 5.48 Å². The summed E-state index contributed by atoms with van der Waals surface area (Å²) in [6.07, 6.45) is -3.97. The van der Waals surface area contributed by atoms with Crippen LogP contribution in [-0.4, -0.2) is 31.1 Å². The van der Waals surface area contributed by atoms with E-state index in [-0.39, 0.29) is 18.9 Å². The Hall–Kier alpha value is -1.31. The summed E-state index contributed by atoms with van der Waals surface area (Å²) in [4.78, 5) is 26.0. The number of hydrogen-bond donors (Lipinski definition) is 2. The molecule has 1 unspecified atom stereocenters. The minimum Gasteiger partial charge on any atom is -0.355 e. The minimum atomic E-state index is -4.48. The van der Waals surface area contributed by atoms with Crippen LogP contribution >= 0.6 is 0 Å². The summed E-state index contributed by atoms with van der Waals surface area (Å²) in [6.45, 7) is -1.40. The fourth-order valence-corrected chi connectivity index (χ4v) is 1.23. The second kappa shape index (κ2) is 5.15. The average Bonchev–Trinajstić information content (AvgIpc) is 2.16. The monoisotopic (exact) mass is 240 g/mol. The van der Waals surface area contributed by atoms with Gasteiger partial charge in [-0.2, -0.15) is 13.2 Å². The number of hydrogen-bond acceptors (Lipinski definition) is 3. The molecule has 1 aliphatic rings. The molecule has 0 spiro atoms. The number of alkyl halides is 3. The zero-order chi connectivity index (χ0) is 12.2. The third-order valence-electron chi connectivity index (χ3n) is 2.04. The summed E-state index contributed by atoms with van der Waals surface area (Å²) in [5.41, 5.74) is 1.71. The van der Waals surface area contributed by atoms with E-state index >= 15 is 0 Å². The van der Waals surface area contributed by atoms with E-state index in [2.05, 4.69) is 10.2 Å². The number of halogens is 3. The standard InChI is InChI=1S/C8H11F3N2O3/c9-8(10,11)4-16-13-7(15)5-1-2-6(14)12-3-5/h5H,1-4H2,(H,12,14)(H,13,15). The highest BCUT2D eigenvalue weighted by molar-refractivity contribution is 5.83. The van der Waals surface area contributed by atoms with Crippen molar-refractivity contribution >= 4 is 11.8 Å². The molecule has 0 saturated carbocycles. The molecule has 0 bridgehead atoms. The van der Waals surface area contributed by atoms with Crippen molar-refractivity contribution in [1.29, 1.82) is 0 Å². The molecule has 0 aromatic heterocycles. The van der Waals surface area contributed by atoms with Crippen molar-refractivity contribution in [2.45, 2.75) is 19.0 Å². The van der Waals surface area contributed by atoms with Crippen LogP contribution in [0.2, 0.25) is 0 Å². The molecule has 2 amide bonds. The number of rotatable bonds is 3. The van der Waals surface area contributed by atoms with Crippen LogP contribution in [-0.2, 0) is 14.4 Å². The Labute approximate surface area is 89.3 Å². The van der Waals surface area contributed by atoms with Gasteiger partial charge in [0.05, 0.1) is 5.92 Å². The predicted molar refractivity (Wildman–Crippen MR) is 45.9 cm³/mol. The van der Waals surface area contributed by atoms with Gasteiger partial charge in [0.25, 0.3) is 0 Å². The Morgan fingerprint density at radius 3 is 2.75 bits per heavy atom. The Bertz CT molecular complexity index is 270. The van der Waals surface area contributed by atoms with Crippen LogP contribution in [0.5, 0.6) is 0 Å². The third-order valence-corrected chi connectivity index (χ3v) is 2.04. The molecule has 1 aliphatic heterocycles. The van der Waals surface area contributed by atoms with Gasteiger partial charge in [0.1, 0.15) is 0 Å². The lowest BCUT2D eigenvalue weighted by Gasteiger charge is -2.21. The van der Waals surface area contributed by atoms with Crippen molar-refractivity contribution in [2.75, 3.05) is 13.2 Å². The van der Waals surface area contributed by atoms with E-state index in [0.29, 0.717) is 6.42 Å². The topological polar surface area (TPSA) is 67.4 Å². The molecule has 16 heavy (non-hydrogen) atoms. The zero-order valence-corrected chi connectivity index (χ0v) is 8.26. The summed E-state index contributed by atoms with van der Waals surface area (Å²) < 4.78 is 35.0. The molecule has 1 atom stereocenters. The quantitative estimate of drug-likeness (QED) is 0.689. The Balaban J connectivity index is 2.22. The normalized spacial score (nSPS) is 21.4. The van der Waals surface area contributed by atoms with Gasteiger partial charge < -0.3 is 5.32 Å². The maximum atomic E-state index is 11.7. The molecule has 1 rings (SSSR count). The van der Waals surface area contributed by atoms with Gasteiger partial charge in [-0.1, -0.05) is 0 Å². The summed E-state index contributed by atoms with van der Waals surface area (Å²) >= 11 is 0. The van der Waals surface area contributed by atoms with Crippen LogP contribution in [0.4, 0.5) is 13.2 Å². The molecule has 1 heterocycles. The van der Waals surface area contributed by atoms with Gasteiger partial charge in [0.15, 0.2) is 6.61 Å². The highest BCUT2D eigenvalue weighted by atomic mass is 19.4. The lowest BCUT2D eigenvalue weighted by atomic mass is 9.99.